The van der Waals surface area contributed by atoms with E-state index in [9.17, 15) is 0 Å². The molecular weight excluding hydrogens is 913 g/mol. The van der Waals surface area contributed by atoms with Crippen molar-refractivity contribution in [3.05, 3.63) is 203 Å². The lowest BCUT2D eigenvalue weighted by molar-refractivity contribution is 0.469. The Hall–Kier alpha value is -5.20. The lowest BCUT2D eigenvalue weighted by atomic mass is 9.82. The van der Waals surface area contributed by atoms with Crippen LogP contribution >= 0.6 is 0 Å². The molecule has 424 valence electrons. The Morgan fingerprint density at radius 2 is 0.803 bits per heavy atom. The van der Waals surface area contributed by atoms with Crippen LogP contribution in [0.4, 0.5) is 0 Å². The molecule has 0 saturated heterocycles. The van der Waals surface area contributed by atoms with Crippen LogP contribution in [0.15, 0.2) is 170 Å². The summed E-state index contributed by atoms with van der Waals surface area (Å²) in [6, 6.07) is 59.6. The predicted octanol–water partition coefficient (Wildman–Crippen LogP) is 26.0. The molecular formula is C76H120. The van der Waals surface area contributed by atoms with Gasteiger partial charge >= 0.3 is 0 Å². The molecule has 0 heteroatoms. The first kappa shape index (κ1) is 77.3. The predicted molar refractivity (Wildman–Crippen MR) is 356 cm³/mol. The van der Waals surface area contributed by atoms with Crippen LogP contribution in [-0.4, -0.2) is 0 Å². The van der Waals surface area contributed by atoms with Gasteiger partial charge in [-0.2, -0.15) is 0 Å². The molecule has 0 unspecified atom stereocenters. The molecule has 0 N–H and O–H groups in total. The molecule has 0 nitrogen and oxygen atoms in total. The molecule has 0 saturated carbocycles. The minimum absolute atomic E-state index is 0. The van der Waals surface area contributed by atoms with Crippen LogP contribution < -0.4 is 0 Å². The van der Waals surface area contributed by atoms with Gasteiger partial charge < -0.3 is 0 Å². The first-order chi connectivity index (χ1) is 35.5. The molecule has 0 heterocycles. The number of unbranched alkanes of at least 4 members (excludes halogenated alkanes) is 3. The third-order valence-electron chi connectivity index (χ3n) is 10.9. The van der Waals surface area contributed by atoms with Crippen molar-refractivity contribution in [2.75, 3.05) is 0 Å². The fraction of sp³-hybridized carbons (Fsp3) is 0.474. The van der Waals surface area contributed by atoms with E-state index in [0.717, 1.165) is 11.8 Å². The lowest BCUT2D eigenvalue weighted by Gasteiger charge is -2.21. The fourth-order valence-corrected chi connectivity index (χ4v) is 6.61. The summed E-state index contributed by atoms with van der Waals surface area (Å²) < 4.78 is 0. The summed E-state index contributed by atoms with van der Waals surface area (Å²) in [5.74, 6) is 1.72. The summed E-state index contributed by atoms with van der Waals surface area (Å²) in [6.07, 6.45) is 9.27. The van der Waals surface area contributed by atoms with Gasteiger partial charge in [0.25, 0.3) is 0 Å². The van der Waals surface area contributed by atoms with Gasteiger partial charge in [-0.15, -0.1) is 0 Å². The Morgan fingerprint density at radius 1 is 0.421 bits per heavy atom. The lowest BCUT2D eigenvalue weighted by Crippen LogP contribution is -2.14. The van der Waals surface area contributed by atoms with Gasteiger partial charge in [0.15, 0.2) is 0 Å². The highest BCUT2D eigenvalue weighted by atomic mass is 14.4. The van der Waals surface area contributed by atoms with Crippen molar-refractivity contribution in [1.82, 2.24) is 0 Å². The summed E-state index contributed by atoms with van der Waals surface area (Å²) in [4.78, 5) is 0. The van der Waals surface area contributed by atoms with Gasteiger partial charge in [0.2, 0.25) is 0 Å². The van der Waals surface area contributed by atoms with E-state index in [4.69, 9.17) is 0 Å². The zero-order valence-corrected chi connectivity index (χ0v) is 53.3. The zero-order chi connectivity index (χ0) is 57.8. The van der Waals surface area contributed by atoms with Gasteiger partial charge in [0.1, 0.15) is 0 Å². The van der Waals surface area contributed by atoms with E-state index >= 15 is 0 Å². The second-order valence-corrected chi connectivity index (χ2v) is 22.4. The number of fused-ring (bicyclic) bond motifs is 4. The molecule has 1 aliphatic rings. The van der Waals surface area contributed by atoms with Crippen molar-refractivity contribution in [2.45, 2.75) is 224 Å². The molecule has 0 aliphatic heterocycles. The van der Waals surface area contributed by atoms with Gasteiger partial charge in [-0.05, 0) is 100 Å². The molecule has 0 atom stereocenters. The number of rotatable bonds is 5. The van der Waals surface area contributed by atoms with Crippen molar-refractivity contribution in [3.8, 4) is 22.3 Å². The van der Waals surface area contributed by atoms with Crippen molar-refractivity contribution >= 4 is 10.8 Å². The molecule has 7 aromatic rings. The van der Waals surface area contributed by atoms with Crippen LogP contribution in [0, 0.1) is 44.9 Å². The number of hydrogen-bond donors (Lipinski definition) is 0. The number of aryl methyl sites for hydroxylation is 4. The Labute approximate surface area is 475 Å². The van der Waals surface area contributed by atoms with Crippen molar-refractivity contribution in [1.29, 1.82) is 0 Å². The second kappa shape index (κ2) is 47.0. The van der Waals surface area contributed by atoms with E-state index < -0.39 is 0 Å². The molecule has 0 radical (unpaired) electrons. The number of hydrogen-bond acceptors (Lipinski definition) is 0. The Kier molecular flexibility index (Phi) is 47.9. The van der Waals surface area contributed by atoms with E-state index in [-0.39, 0.29) is 12.8 Å². The largest absolute Gasteiger partial charge is 0.0776 e. The van der Waals surface area contributed by atoms with Crippen LogP contribution in [0.25, 0.3) is 33.0 Å². The fourth-order valence-electron chi connectivity index (χ4n) is 6.61. The maximum Gasteiger partial charge on any atom is 0.0158 e. The van der Waals surface area contributed by atoms with Crippen LogP contribution in [0.2, 0.25) is 0 Å². The van der Waals surface area contributed by atoms with Crippen LogP contribution in [-0.2, 0) is 5.41 Å². The average Bonchev–Trinajstić information content (AvgIpc) is 3.61. The summed E-state index contributed by atoms with van der Waals surface area (Å²) in [5.41, 5.74) is 14.3. The highest BCUT2D eigenvalue weighted by Gasteiger charge is 2.34. The van der Waals surface area contributed by atoms with Crippen molar-refractivity contribution in [3.63, 3.8) is 0 Å². The average molecular weight is 1030 g/mol. The Bertz CT molecular complexity index is 2330. The van der Waals surface area contributed by atoms with Gasteiger partial charge in [-0.3, -0.25) is 0 Å². The van der Waals surface area contributed by atoms with Crippen LogP contribution in [0.3, 0.4) is 0 Å². The molecule has 0 bridgehead atoms. The molecule has 0 aromatic heterocycles. The maximum absolute atomic E-state index is 2.33. The first-order valence-electron chi connectivity index (χ1n) is 29.3. The Balaban J connectivity index is -0.000000397. The third-order valence-corrected chi connectivity index (χ3v) is 10.9. The highest BCUT2D eigenvalue weighted by Crippen LogP contribution is 2.48. The van der Waals surface area contributed by atoms with Gasteiger partial charge in [0, 0.05) is 5.41 Å². The van der Waals surface area contributed by atoms with E-state index in [2.05, 4.69) is 298 Å². The molecule has 1 aliphatic carbocycles. The van der Waals surface area contributed by atoms with E-state index in [0.29, 0.717) is 5.41 Å². The minimum Gasteiger partial charge on any atom is -0.0776 e. The summed E-state index contributed by atoms with van der Waals surface area (Å²) in [6.45, 7) is 52.1. The van der Waals surface area contributed by atoms with Gasteiger partial charge in [-0.25, -0.2) is 0 Å². The normalized spacial score (nSPS) is 10.4. The van der Waals surface area contributed by atoms with Crippen molar-refractivity contribution in [2.24, 2.45) is 17.3 Å². The molecule has 0 amide bonds. The summed E-state index contributed by atoms with van der Waals surface area (Å²) in [5, 5.41) is 2.68. The topological polar surface area (TPSA) is 0 Å². The minimum atomic E-state index is 0. The molecule has 0 spiro atoms. The third kappa shape index (κ3) is 37.5. The van der Waals surface area contributed by atoms with Crippen molar-refractivity contribution < 1.29 is 0 Å². The van der Waals surface area contributed by atoms with E-state index in [1.54, 1.807) is 0 Å². The zero-order valence-electron chi connectivity index (χ0n) is 53.3. The van der Waals surface area contributed by atoms with Gasteiger partial charge in [-0.1, -0.05) is 372 Å². The Morgan fingerprint density at radius 3 is 1.21 bits per heavy atom. The van der Waals surface area contributed by atoms with E-state index in [1.165, 1.54) is 111 Å². The molecule has 7 aromatic carbocycles. The molecule has 8 rings (SSSR count). The van der Waals surface area contributed by atoms with Crippen LogP contribution in [0.5, 0.6) is 0 Å². The quantitative estimate of drug-likeness (QED) is 0.161. The number of benzene rings is 7. The van der Waals surface area contributed by atoms with E-state index in [1.807, 2.05) is 38.1 Å². The van der Waals surface area contributed by atoms with Gasteiger partial charge in [0.05, 0.1) is 0 Å². The molecule has 76 heavy (non-hydrogen) atoms. The summed E-state index contributed by atoms with van der Waals surface area (Å²) >= 11 is 0. The SMILES string of the molecule is C.CC.CC(C)(C)C.CC(C)C.CCC.CCC(C)C.CCCC.CCCCC.Cc1ccc2c(c1)C(C)(C)c1ccccc1-2.Cc1cccc2ccccc12.Cc1ccccc1.Cc1ccccc1-c1ccccc1. The molecule has 0 fully saturated rings. The first-order valence-corrected chi connectivity index (χ1v) is 29.3. The smallest absolute Gasteiger partial charge is 0.0158 e. The monoisotopic (exact) mass is 1030 g/mol. The summed E-state index contributed by atoms with van der Waals surface area (Å²) in [7, 11) is 0. The highest BCUT2D eigenvalue weighted by molar-refractivity contribution is 5.85. The second-order valence-electron chi connectivity index (χ2n) is 22.4. The maximum atomic E-state index is 2.33. The standard InChI is InChI=1S/C16H16.C13H12.C11H10.C7H8.3C5H12.2C4H10.C3H8.C2H6.CH4/c1-11-8-9-13-12-6-4-5-7-14(12)16(2,3)15(13)10-11;1-11-7-5-6-10-13(11)12-8-3-2-4-9-12;1-9-5-4-7-10-6-2-3-8-11(9)10;1-7-5-3-2-4-6-7;1-5(2,3)4;1-4-5(2)3;1-3-5-4-2;1-4(2)3;1-3-4-2;1-3-2;1-2;/h4-10H,1-3H3;2-10H,1H3;2-8H,1H3;2-6H,1H3;1-4H3;5H,4H2,1-3H3;3-5H2,1-2H3;4H,1-3H3;3-4H2,1-2H3;3H2,1-2H3;1-2H3;1H4. The van der Waals surface area contributed by atoms with Crippen LogP contribution in [0.1, 0.15) is 224 Å².